The van der Waals surface area contributed by atoms with E-state index < -0.39 is 0 Å². The lowest BCUT2D eigenvalue weighted by Crippen LogP contribution is -2.24. The summed E-state index contributed by atoms with van der Waals surface area (Å²) in [6, 6.07) is 10.0. The van der Waals surface area contributed by atoms with Crippen LogP contribution in [-0.4, -0.2) is 18.4 Å². The van der Waals surface area contributed by atoms with Crippen LogP contribution in [0.2, 0.25) is 0 Å². The number of furan rings is 1. The second-order valence-electron chi connectivity index (χ2n) is 4.97. The van der Waals surface area contributed by atoms with E-state index in [9.17, 15) is 9.59 Å². The third-order valence-corrected chi connectivity index (χ3v) is 3.22. The van der Waals surface area contributed by atoms with Crippen molar-refractivity contribution in [2.24, 2.45) is 0 Å². The van der Waals surface area contributed by atoms with Crippen LogP contribution in [0.15, 0.2) is 47.1 Å². The molecule has 0 aliphatic carbocycles. The SMILES string of the molecule is CCCCCNC(=O)c1ccc(NC(=O)c2ccco2)cc1. The normalized spacial score (nSPS) is 10.2. The van der Waals surface area contributed by atoms with Crippen LogP contribution < -0.4 is 10.6 Å². The molecule has 0 bridgehead atoms. The molecule has 2 rings (SSSR count). The number of unbranched alkanes of at least 4 members (excludes halogenated alkanes) is 2. The number of amides is 2. The average molecular weight is 300 g/mol. The lowest BCUT2D eigenvalue weighted by atomic mass is 10.2. The van der Waals surface area contributed by atoms with Crippen molar-refractivity contribution in [3.8, 4) is 0 Å². The Kier molecular flexibility index (Phi) is 5.77. The Morgan fingerprint density at radius 1 is 1.05 bits per heavy atom. The van der Waals surface area contributed by atoms with Crippen LogP contribution in [0.5, 0.6) is 0 Å². The average Bonchev–Trinajstić information content (AvgIpc) is 3.06. The van der Waals surface area contributed by atoms with E-state index in [2.05, 4.69) is 17.6 Å². The zero-order chi connectivity index (χ0) is 15.8. The van der Waals surface area contributed by atoms with E-state index in [0.29, 0.717) is 17.8 Å². The highest BCUT2D eigenvalue weighted by Gasteiger charge is 2.09. The van der Waals surface area contributed by atoms with Gasteiger partial charge in [-0.05, 0) is 42.8 Å². The summed E-state index contributed by atoms with van der Waals surface area (Å²) >= 11 is 0. The first-order chi connectivity index (χ1) is 10.7. The number of hydrogen-bond acceptors (Lipinski definition) is 3. The van der Waals surface area contributed by atoms with Gasteiger partial charge in [0.25, 0.3) is 11.8 Å². The van der Waals surface area contributed by atoms with E-state index >= 15 is 0 Å². The van der Waals surface area contributed by atoms with E-state index in [0.717, 1.165) is 19.3 Å². The third kappa shape index (κ3) is 4.48. The van der Waals surface area contributed by atoms with Gasteiger partial charge in [0.05, 0.1) is 6.26 Å². The minimum absolute atomic E-state index is 0.0972. The summed E-state index contributed by atoms with van der Waals surface area (Å²) in [5.41, 5.74) is 1.19. The van der Waals surface area contributed by atoms with E-state index in [4.69, 9.17) is 4.42 Å². The molecule has 116 valence electrons. The monoisotopic (exact) mass is 300 g/mol. The molecule has 0 unspecified atom stereocenters. The Hall–Kier alpha value is -2.56. The van der Waals surface area contributed by atoms with Gasteiger partial charge in [0.1, 0.15) is 0 Å². The quantitative estimate of drug-likeness (QED) is 0.769. The van der Waals surface area contributed by atoms with Crippen LogP contribution in [0.1, 0.15) is 47.1 Å². The number of hydrogen-bond donors (Lipinski definition) is 2. The minimum atomic E-state index is -0.318. The van der Waals surface area contributed by atoms with Gasteiger partial charge in [-0.2, -0.15) is 0 Å². The number of benzene rings is 1. The molecular weight excluding hydrogens is 280 g/mol. The molecule has 22 heavy (non-hydrogen) atoms. The molecule has 2 amide bonds. The van der Waals surface area contributed by atoms with Gasteiger partial charge in [0, 0.05) is 17.8 Å². The lowest BCUT2D eigenvalue weighted by molar-refractivity contribution is 0.0952. The summed E-state index contributed by atoms with van der Waals surface area (Å²) in [4.78, 5) is 23.7. The number of carbonyl (C=O) groups is 2. The molecule has 1 aromatic carbocycles. The molecule has 5 heteroatoms. The van der Waals surface area contributed by atoms with Crippen molar-refractivity contribution in [1.82, 2.24) is 5.32 Å². The largest absolute Gasteiger partial charge is 0.459 e. The molecule has 0 spiro atoms. The molecule has 5 nitrogen and oxygen atoms in total. The van der Waals surface area contributed by atoms with E-state index in [1.165, 1.54) is 6.26 Å². The summed E-state index contributed by atoms with van der Waals surface area (Å²) in [5, 5.41) is 5.58. The van der Waals surface area contributed by atoms with Crippen LogP contribution in [0.4, 0.5) is 5.69 Å². The fraction of sp³-hybridized carbons (Fsp3) is 0.294. The lowest BCUT2D eigenvalue weighted by Gasteiger charge is -2.06. The Balaban J connectivity index is 1.87. The number of anilines is 1. The van der Waals surface area contributed by atoms with Crippen LogP contribution in [-0.2, 0) is 0 Å². The molecule has 1 aromatic heterocycles. The van der Waals surface area contributed by atoms with Crippen LogP contribution in [0, 0.1) is 0 Å². The molecule has 0 radical (unpaired) electrons. The maximum absolute atomic E-state index is 11.9. The first-order valence-electron chi connectivity index (χ1n) is 7.44. The van der Waals surface area contributed by atoms with Crippen molar-refractivity contribution < 1.29 is 14.0 Å². The van der Waals surface area contributed by atoms with E-state index in [1.54, 1.807) is 36.4 Å². The summed E-state index contributed by atoms with van der Waals surface area (Å²) in [6.45, 7) is 2.81. The molecule has 2 aromatic rings. The van der Waals surface area contributed by atoms with E-state index in [1.807, 2.05) is 0 Å². The van der Waals surface area contributed by atoms with Gasteiger partial charge in [-0.15, -0.1) is 0 Å². The van der Waals surface area contributed by atoms with Crippen molar-refractivity contribution in [3.63, 3.8) is 0 Å². The molecule has 0 aliphatic rings. The summed E-state index contributed by atoms with van der Waals surface area (Å²) in [7, 11) is 0. The van der Waals surface area contributed by atoms with Gasteiger partial charge >= 0.3 is 0 Å². The Bertz CT molecular complexity index is 603. The summed E-state index contributed by atoms with van der Waals surface area (Å²) in [5.74, 6) is -0.167. The smallest absolute Gasteiger partial charge is 0.291 e. The van der Waals surface area contributed by atoms with Gasteiger partial charge in [-0.1, -0.05) is 19.8 Å². The van der Waals surface area contributed by atoms with Crippen molar-refractivity contribution in [3.05, 3.63) is 54.0 Å². The van der Waals surface area contributed by atoms with Crippen molar-refractivity contribution >= 4 is 17.5 Å². The zero-order valence-electron chi connectivity index (χ0n) is 12.6. The van der Waals surface area contributed by atoms with Crippen molar-refractivity contribution in [2.45, 2.75) is 26.2 Å². The second-order valence-corrected chi connectivity index (χ2v) is 4.97. The van der Waals surface area contributed by atoms with Gasteiger partial charge in [0.2, 0.25) is 0 Å². The number of rotatable bonds is 7. The van der Waals surface area contributed by atoms with Gasteiger partial charge in [-0.25, -0.2) is 0 Å². The maximum Gasteiger partial charge on any atom is 0.291 e. The molecule has 1 heterocycles. The summed E-state index contributed by atoms with van der Waals surface area (Å²) in [6.07, 6.45) is 4.67. The molecule has 0 saturated carbocycles. The Morgan fingerprint density at radius 3 is 2.45 bits per heavy atom. The highest BCUT2D eigenvalue weighted by atomic mass is 16.3. The van der Waals surface area contributed by atoms with Crippen molar-refractivity contribution in [1.29, 1.82) is 0 Å². The fourth-order valence-corrected chi connectivity index (χ4v) is 1.98. The van der Waals surface area contributed by atoms with Crippen LogP contribution in [0.3, 0.4) is 0 Å². The van der Waals surface area contributed by atoms with Crippen LogP contribution >= 0.6 is 0 Å². The summed E-state index contributed by atoms with van der Waals surface area (Å²) < 4.78 is 5.02. The Labute approximate surface area is 129 Å². The first-order valence-corrected chi connectivity index (χ1v) is 7.44. The molecule has 0 atom stereocenters. The van der Waals surface area contributed by atoms with Gasteiger partial charge in [0.15, 0.2) is 5.76 Å². The third-order valence-electron chi connectivity index (χ3n) is 3.22. The zero-order valence-corrected chi connectivity index (χ0v) is 12.6. The Morgan fingerprint density at radius 2 is 1.82 bits per heavy atom. The minimum Gasteiger partial charge on any atom is -0.459 e. The van der Waals surface area contributed by atoms with Crippen molar-refractivity contribution in [2.75, 3.05) is 11.9 Å². The molecule has 0 fully saturated rings. The highest BCUT2D eigenvalue weighted by Crippen LogP contribution is 2.12. The number of carbonyl (C=O) groups excluding carboxylic acids is 2. The molecular formula is C17H20N2O3. The maximum atomic E-state index is 11.9. The molecule has 0 saturated heterocycles. The topological polar surface area (TPSA) is 71.3 Å². The molecule has 0 aliphatic heterocycles. The first kappa shape index (κ1) is 15.8. The van der Waals surface area contributed by atoms with Gasteiger partial charge < -0.3 is 15.1 Å². The molecule has 2 N–H and O–H groups in total. The predicted molar refractivity (Wildman–Crippen MR) is 85.0 cm³/mol. The highest BCUT2D eigenvalue weighted by molar-refractivity contribution is 6.02. The predicted octanol–water partition coefficient (Wildman–Crippen LogP) is 3.45. The standard InChI is InChI=1S/C17H20N2O3/c1-2-3-4-11-18-16(20)13-7-9-14(10-8-13)19-17(21)15-6-5-12-22-15/h5-10,12H,2-4,11H2,1H3,(H,18,20)(H,19,21). The van der Waals surface area contributed by atoms with Crippen LogP contribution in [0.25, 0.3) is 0 Å². The number of nitrogens with one attached hydrogen (secondary N) is 2. The van der Waals surface area contributed by atoms with Gasteiger partial charge in [-0.3, -0.25) is 9.59 Å². The fourth-order valence-electron chi connectivity index (χ4n) is 1.98. The second kappa shape index (κ2) is 8.02. The van der Waals surface area contributed by atoms with E-state index in [-0.39, 0.29) is 17.6 Å².